The fourth-order valence-corrected chi connectivity index (χ4v) is 2.86. The summed E-state index contributed by atoms with van der Waals surface area (Å²) < 4.78 is 5.15. The minimum absolute atomic E-state index is 0.0846. The van der Waals surface area contributed by atoms with E-state index in [4.69, 9.17) is 16.3 Å². The van der Waals surface area contributed by atoms with Crippen LogP contribution in [0.4, 0.5) is 5.69 Å². The number of methoxy groups -OCH3 is 1. The quantitative estimate of drug-likeness (QED) is 0.721. The third kappa shape index (κ3) is 2.88. The number of fused-ring (bicyclic) bond motifs is 1. The number of rotatable bonds is 3. The molecule has 5 heteroatoms. The molecular formula is C19H16ClNO3. The summed E-state index contributed by atoms with van der Waals surface area (Å²) in [5.41, 5.74) is 1.63. The molecule has 3 rings (SSSR count). The van der Waals surface area contributed by atoms with Crippen molar-refractivity contribution in [1.82, 2.24) is 0 Å². The molecule has 4 nitrogen and oxygen atoms in total. The lowest BCUT2D eigenvalue weighted by Crippen LogP contribution is -2.13. The summed E-state index contributed by atoms with van der Waals surface area (Å²) in [6.07, 6.45) is 0. The van der Waals surface area contributed by atoms with Crippen LogP contribution < -0.4 is 10.1 Å². The summed E-state index contributed by atoms with van der Waals surface area (Å²) in [5, 5.41) is 14.9. The van der Waals surface area contributed by atoms with E-state index in [1.54, 1.807) is 37.4 Å². The molecule has 122 valence electrons. The van der Waals surface area contributed by atoms with Gasteiger partial charge in [0.2, 0.25) is 0 Å². The van der Waals surface area contributed by atoms with Gasteiger partial charge in [-0.3, -0.25) is 4.79 Å². The summed E-state index contributed by atoms with van der Waals surface area (Å²) in [4.78, 5) is 12.6. The highest BCUT2D eigenvalue weighted by Gasteiger charge is 2.17. The summed E-state index contributed by atoms with van der Waals surface area (Å²) >= 11 is 6.24. The number of phenols is 1. The van der Waals surface area contributed by atoms with Gasteiger partial charge in [0, 0.05) is 21.5 Å². The first-order chi connectivity index (χ1) is 11.5. The van der Waals surface area contributed by atoms with Crippen molar-refractivity contribution in [2.45, 2.75) is 6.92 Å². The Morgan fingerprint density at radius 2 is 1.83 bits per heavy atom. The number of ether oxygens (including phenoxy) is 1. The number of hydrogen-bond acceptors (Lipinski definition) is 3. The van der Waals surface area contributed by atoms with Crippen LogP contribution >= 0.6 is 11.6 Å². The summed E-state index contributed by atoms with van der Waals surface area (Å²) in [6.45, 7) is 1.87. The number of hydrogen-bond donors (Lipinski definition) is 2. The number of nitrogens with one attached hydrogen (secondary N) is 1. The van der Waals surface area contributed by atoms with E-state index in [1.165, 1.54) is 6.07 Å². The first-order valence-electron chi connectivity index (χ1n) is 7.37. The predicted molar refractivity (Wildman–Crippen MR) is 96.3 cm³/mol. The molecular weight excluding hydrogens is 326 g/mol. The summed E-state index contributed by atoms with van der Waals surface area (Å²) in [6, 6.07) is 14.0. The van der Waals surface area contributed by atoms with E-state index < -0.39 is 5.91 Å². The van der Waals surface area contributed by atoms with E-state index >= 15 is 0 Å². The lowest BCUT2D eigenvalue weighted by atomic mass is 10.0. The lowest BCUT2D eigenvalue weighted by Gasteiger charge is -2.12. The number of carbonyl (C=O) groups excluding carboxylic acids is 1. The number of aryl methyl sites for hydroxylation is 1. The van der Waals surface area contributed by atoms with Crippen LogP contribution in [0.25, 0.3) is 10.8 Å². The molecule has 0 aliphatic carbocycles. The Morgan fingerprint density at radius 1 is 1.12 bits per heavy atom. The van der Waals surface area contributed by atoms with Gasteiger partial charge in [0.1, 0.15) is 11.5 Å². The fourth-order valence-electron chi connectivity index (χ4n) is 2.58. The molecule has 2 N–H and O–H groups in total. The molecule has 0 aromatic heterocycles. The zero-order valence-corrected chi connectivity index (χ0v) is 14.0. The van der Waals surface area contributed by atoms with Gasteiger partial charge in [-0.2, -0.15) is 0 Å². The molecule has 0 fully saturated rings. The van der Waals surface area contributed by atoms with Crippen molar-refractivity contribution in [3.05, 3.63) is 64.7 Å². The number of phenolic OH excluding ortho intramolecular Hbond substituents is 1. The van der Waals surface area contributed by atoms with E-state index in [0.717, 1.165) is 5.56 Å². The van der Waals surface area contributed by atoms with Crippen molar-refractivity contribution < 1.29 is 14.6 Å². The maximum atomic E-state index is 12.6. The second-order valence-electron chi connectivity index (χ2n) is 5.44. The summed E-state index contributed by atoms with van der Waals surface area (Å²) in [7, 11) is 1.59. The predicted octanol–water partition coefficient (Wildman–Crippen LogP) is 4.77. The van der Waals surface area contributed by atoms with Gasteiger partial charge in [0.15, 0.2) is 0 Å². The number of halogens is 1. The van der Waals surface area contributed by atoms with Crippen LogP contribution in [0.1, 0.15) is 15.9 Å². The van der Waals surface area contributed by atoms with Gasteiger partial charge in [0.05, 0.1) is 12.7 Å². The molecule has 1 amide bonds. The largest absolute Gasteiger partial charge is 0.506 e. The molecule has 0 saturated carbocycles. The van der Waals surface area contributed by atoms with E-state index in [2.05, 4.69) is 5.32 Å². The van der Waals surface area contributed by atoms with Crippen molar-refractivity contribution in [3.63, 3.8) is 0 Å². The minimum atomic E-state index is -0.423. The van der Waals surface area contributed by atoms with Crippen LogP contribution in [-0.2, 0) is 0 Å². The van der Waals surface area contributed by atoms with Crippen molar-refractivity contribution in [3.8, 4) is 11.5 Å². The van der Waals surface area contributed by atoms with E-state index in [0.29, 0.717) is 27.2 Å². The minimum Gasteiger partial charge on any atom is -0.506 e. The second kappa shape index (κ2) is 6.42. The van der Waals surface area contributed by atoms with Gasteiger partial charge in [-0.1, -0.05) is 35.9 Å². The van der Waals surface area contributed by atoms with Gasteiger partial charge in [0.25, 0.3) is 5.91 Å². The van der Waals surface area contributed by atoms with Crippen LogP contribution in [0.2, 0.25) is 5.02 Å². The number of anilines is 1. The zero-order valence-electron chi connectivity index (χ0n) is 13.3. The number of carbonyl (C=O) groups is 1. The molecule has 0 aliphatic heterocycles. The Balaban J connectivity index is 1.99. The molecule has 3 aromatic rings. The van der Waals surface area contributed by atoms with Crippen molar-refractivity contribution >= 4 is 34.0 Å². The van der Waals surface area contributed by atoms with Gasteiger partial charge in [-0.25, -0.2) is 0 Å². The maximum Gasteiger partial charge on any atom is 0.259 e. The molecule has 0 bridgehead atoms. The van der Waals surface area contributed by atoms with Crippen molar-refractivity contribution in [2.75, 3.05) is 12.4 Å². The molecule has 0 aliphatic rings. The molecule has 0 unspecified atom stereocenters. The smallest absolute Gasteiger partial charge is 0.259 e. The average Bonchev–Trinajstić information content (AvgIpc) is 2.59. The Morgan fingerprint density at radius 3 is 2.50 bits per heavy atom. The number of amides is 1. The molecule has 0 spiro atoms. The third-order valence-corrected chi connectivity index (χ3v) is 4.20. The zero-order chi connectivity index (χ0) is 17.3. The van der Waals surface area contributed by atoms with Gasteiger partial charge >= 0.3 is 0 Å². The highest BCUT2D eigenvalue weighted by Crippen LogP contribution is 2.34. The van der Waals surface area contributed by atoms with Gasteiger partial charge < -0.3 is 15.2 Å². The Kier molecular flexibility index (Phi) is 4.32. The Labute approximate surface area is 144 Å². The molecule has 0 saturated heterocycles. The average molecular weight is 342 g/mol. The Hall–Kier alpha value is -2.72. The normalized spacial score (nSPS) is 10.6. The first-order valence-corrected chi connectivity index (χ1v) is 7.75. The number of aromatic hydroxyl groups is 1. The molecule has 0 heterocycles. The molecule has 0 radical (unpaired) electrons. The number of benzene rings is 3. The van der Waals surface area contributed by atoms with Gasteiger partial charge in [-0.05, 0) is 36.8 Å². The summed E-state index contributed by atoms with van der Waals surface area (Å²) in [5.74, 6) is 0.203. The second-order valence-corrected chi connectivity index (χ2v) is 5.84. The van der Waals surface area contributed by atoms with Crippen LogP contribution in [0.5, 0.6) is 11.5 Å². The van der Waals surface area contributed by atoms with Crippen LogP contribution in [-0.4, -0.2) is 18.1 Å². The van der Waals surface area contributed by atoms with E-state index in [9.17, 15) is 9.90 Å². The lowest BCUT2D eigenvalue weighted by molar-refractivity contribution is 0.102. The van der Waals surface area contributed by atoms with Crippen LogP contribution in [0.15, 0.2) is 48.5 Å². The van der Waals surface area contributed by atoms with Crippen LogP contribution in [0, 0.1) is 6.92 Å². The molecule has 3 aromatic carbocycles. The molecule has 24 heavy (non-hydrogen) atoms. The van der Waals surface area contributed by atoms with Crippen molar-refractivity contribution in [1.29, 1.82) is 0 Å². The standard InChI is InChI=1S/C19H16ClNO3/c1-11-9-12(24-2)7-8-17(11)21-19(23)15-10-16(20)13-5-3-4-6-14(13)18(15)22/h3-10,22H,1-2H3,(H,21,23). The van der Waals surface area contributed by atoms with E-state index in [1.807, 2.05) is 19.1 Å². The van der Waals surface area contributed by atoms with Crippen LogP contribution in [0.3, 0.4) is 0 Å². The van der Waals surface area contributed by atoms with Gasteiger partial charge in [-0.15, -0.1) is 0 Å². The first kappa shape index (κ1) is 16.1. The fraction of sp³-hybridized carbons (Fsp3) is 0.105. The third-order valence-electron chi connectivity index (χ3n) is 3.89. The monoisotopic (exact) mass is 341 g/mol. The molecule has 0 atom stereocenters. The van der Waals surface area contributed by atoms with E-state index in [-0.39, 0.29) is 11.3 Å². The maximum absolute atomic E-state index is 12.6. The SMILES string of the molecule is COc1ccc(NC(=O)c2cc(Cl)c3ccccc3c2O)c(C)c1. The highest BCUT2D eigenvalue weighted by atomic mass is 35.5. The highest BCUT2D eigenvalue weighted by molar-refractivity contribution is 6.36. The topological polar surface area (TPSA) is 58.6 Å². The van der Waals surface area contributed by atoms with Crippen molar-refractivity contribution in [2.24, 2.45) is 0 Å². The Bertz CT molecular complexity index is 937.